The summed E-state index contributed by atoms with van der Waals surface area (Å²) in [5, 5.41) is 7.13. The van der Waals surface area contributed by atoms with Gasteiger partial charge in [0.1, 0.15) is 0 Å². The molecular formula is C8H10N2S4. The van der Waals surface area contributed by atoms with E-state index in [1.54, 1.807) is 33.7 Å². The first-order chi connectivity index (χ1) is 6.88. The van der Waals surface area contributed by atoms with E-state index in [1.807, 2.05) is 12.3 Å². The molecule has 2 aromatic rings. The van der Waals surface area contributed by atoms with Gasteiger partial charge in [0, 0.05) is 5.75 Å². The Bertz CT molecular complexity index is 317. The Kier molecular flexibility index (Phi) is 6.29. The fraction of sp³-hybridized carbons (Fsp3) is 0.125. The number of hydrogen-bond donors (Lipinski definition) is 1. The first kappa shape index (κ1) is 12.1. The highest BCUT2D eigenvalue weighted by molar-refractivity contribution is 8.75. The maximum atomic E-state index is 5.05. The van der Waals surface area contributed by atoms with E-state index >= 15 is 0 Å². The number of nitrogens with two attached hydrogens (primary N) is 1. The molecule has 14 heavy (non-hydrogen) atoms. The van der Waals surface area contributed by atoms with E-state index in [0.717, 1.165) is 5.75 Å². The molecule has 2 heterocycles. The number of nitrogens with zero attached hydrogens (tertiary/aromatic N) is 1. The predicted molar refractivity (Wildman–Crippen MR) is 71.9 cm³/mol. The zero-order chi connectivity index (χ0) is 10.2. The summed E-state index contributed by atoms with van der Waals surface area (Å²) < 4.78 is 6.62. The van der Waals surface area contributed by atoms with Gasteiger partial charge in [-0.05, 0) is 34.0 Å². The lowest BCUT2D eigenvalue weighted by atomic mass is 10.6. The Labute approximate surface area is 99.3 Å². The molecule has 0 aliphatic rings. The molecule has 6 heteroatoms. The van der Waals surface area contributed by atoms with Crippen LogP contribution in [0.2, 0.25) is 0 Å². The zero-order valence-electron chi connectivity index (χ0n) is 7.38. The van der Waals surface area contributed by atoms with E-state index in [-0.39, 0.29) is 0 Å². The number of hydrogen-bond acceptors (Lipinski definition) is 6. The fourth-order valence-electron chi connectivity index (χ4n) is 0.697. The SMILES string of the molecule is C=CCSSN.c1cc2sncc2s1. The van der Waals surface area contributed by atoms with Crippen LogP contribution in [0, 0.1) is 0 Å². The molecule has 0 spiro atoms. The summed E-state index contributed by atoms with van der Waals surface area (Å²) >= 11 is 3.30. The summed E-state index contributed by atoms with van der Waals surface area (Å²) in [6.07, 6.45) is 3.73. The van der Waals surface area contributed by atoms with Crippen LogP contribution < -0.4 is 5.14 Å². The van der Waals surface area contributed by atoms with Crippen molar-refractivity contribution in [2.45, 2.75) is 0 Å². The Morgan fingerprint density at radius 1 is 1.57 bits per heavy atom. The van der Waals surface area contributed by atoms with E-state index < -0.39 is 0 Å². The van der Waals surface area contributed by atoms with Crippen molar-refractivity contribution in [2.24, 2.45) is 5.14 Å². The van der Waals surface area contributed by atoms with E-state index in [2.05, 4.69) is 22.4 Å². The third-order valence-electron chi connectivity index (χ3n) is 1.23. The predicted octanol–water partition coefficient (Wildman–Crippen LogP) is 3.79. The van der Waals surface area contributed by atoms with Crippen molar-refractivity contribution in [3.05, 3.63) is 30.3 Å². The van der Waals surface area contributed by atoms with Gasteiger partial charge in [-0.25, -0.2) is 0 Å². The van der Waals surface area contributed by atoms with E-state index in [1.165, 1.54) is 20.4 Å². The Balaban J connectivity index is 0.000000149. The summed E-state index contributed by atoms with van der Waals surface area (Å²) in [5.74, 6) is 0.932. The summed E-state index contributed by atoms with van der Waals surface area (Å²) in [6.45, 7) is 3.51. The molecule has 2 rings (SSSR count). The van der Waals surface area contributed by atoms with Crippen molar-refractivity contribution in [2.75, 3.05) is 5.75 Å². The van der Waals surface area contributed by atoms with Gasteiger partial charge < -0.3 is 0 Å². The number of fused-ring (bicyclic) bond motifs is 1. The van der Waals surface area contributed by atoms with Gasteiger partial charge in [0.15, 0.2) is 0 Å². The number of rotatable bonds is 3. The van der Waals surface area contributed by atoms with Crippen LogP contribution in [0.1, 0.15) is 0 Å². The highest BCUT2D eigenvalue weighted by atomic mass is 33.1. The van der Waals surface area contributed by atoms with Gasteiger partial charge in [0.25, 0.3) is 0 Å². The average molecular weight is 262 g/mol. The molecule has 2 aromatic heterocycles. The summed E-state index contributed by atoms with van der Waals surface area (Å²) in [7, 11) is 2.86. The zero-order valence-corrected chi connectivity index (χ0v) is 10.6. The van der Waals surface area contributed by atoms with Crippen LogP contribution >= 0.6 is 44.6 Å². The van der Waals surface area contributed by atoms with Gasteiger partial charge >= 0.3 is 0 Å². The first-order valence-electron chi connectivity index (χ1n) is 3.75. The summed E-state index contributed by atoms with van der Waals surface area (Å²) in [4.78, 5) is 0. The van der Waals surface area contributed by atoms with Crippen molar-refractivity contribution in [3.63, 3.8) is 0 Å². The van der Waals surface area contributed by atoms with Crippen molar-refractivity contribution < 1.29 is 0 Å². The standard InChI is InChI=1S/C5H3NS2.C3H7NS2/c1-2-7-5-3-6-8-4(1)5;1-2-3-5-6-4/h1-3H;2H,1,3-4H2. The maximum Gasteiger partial charge on any atom is 0.0657 e. The van der Waals surface area contributed by atoms with Gasteiger partial charge in [0.2, 0.25) is 0 Å². The monoisotopic (exact) mass is 262 g/mol. The fourth-order valence-corrected chi connectivity index (χ4v) is 3.00. The largest absolute Gasteiger partial charge is 0.268 e. The van der Waals surface area contributed by atoms with Crippen molar-refractivity contribution in [1.29, 1.82) is 0 Å². The van der Waals surface area contributed by atoms with Crippen molar-refractivity contribution in [1.82, 2.24) is 4.37 Å². The van der Waals surface area contributed by atoms with Crippen LogP contribution in [0.4, 0.5) is 0 Å². The molecule has 0 aliphatic heterocycles. The quantitative estimate of drug-likeness (QED) is 0.395. The second kappa shape index (κ2) is 7.30. The second-order valence-corrected chi connectivity index (χ2v) is 5.97. The van der Waals surface area contributed by atoms with Crippen LogP contribution in [0.25, 0.3) is 9.40 Å². The van der Waals surface area contributed by atoms with Gasteiger partial charge in [-0.1, -0.05) is 16.9 Å². The average Bonchev–Trinajstić information content (AvgIpc) is 2.76. The molecule has 0 amide bonds. The molecule has 0 saturated carbocycles. The smallest absolute Gasteiger partial charge is 0.0657 e. The highest BCUT2D eigenvalue weighted by Crippen LogP contribution is 2.22. The van der Waals surface area contributed by atoms with Crippen molar-refractivity contribution in [3.8, 4) is 0 Å². The summed E-state index contributed by atoms with van der Waals surface area (Å²) in [5.41, 5.74) is 0. The molecule has 0 unspecified atom stereocenters. The molecule has 0 saturated heterocycles. The van der Waals surface area contributed by atoms with Crippen LogP contribution in [-0.2, 0) is 0 Å². The van der Waals surface area contributed by atoms with Crippen LogP contribution in [0.5, 0.6) is 0 Å². The van der Waals surface area contributed by atoms with Crippen LogP contribution in [0.15, 0.2) is 30.3 Å². The third-order valence-corrected chi connectivity index (χ3v) is 4.30. The summed E-state index contributed by atoms with van der Waals surface area (Å²) in [6, 6.07) is 2.09. The minimum atomic E-state index is 0.932. The normalized spacial score (nSPS) is 9.50. The molecule has 76 valence electrons. The second-order valence-electron chi connectivity index (χ2n) is 2.14. The van der Waals surface area contributed by atoms with Gasteiger partial charge in [0.05, 0.1) is 15.6 Å². The molecule has 0 bridgehead atoms. The van der Waals surface area contributed by atoms with E-state index in [4.69, 9.17) is 5.14 Å². The lowest BCUT2D eigenvalue weighted by molar-refractivity contribution is 1.62. The van der Waals surface area contributed by atoms with Crippen molar-refractivity contribution >= 4 is 54.0 Å². The third kappa shape index (κ3) is 4.02. The van der Waals surface area contributed by atoms with Crippen LogP contribution in [-0.4, -0.2) is 10.1 Å². The Morgan fingerprint density at radius 2 is 2.43 bits per heavy atom. The van der Waals surface area contributed by atoms with Gasteiger partial charge in [-0.3, -0.25) is 5.14 Å². The molecular weight excluding hydrogens is 252 g/mol. The highest BCUT2D eigenvalue weighted by Gasteiger charge is 1.92. The number of aromatic nitrogens is 1. The maximum absolute atomic E-state index is 5.05. The Morgan fingerprint density at radius 3 is 3.00 bits per heavy atom. The molecule has 0 atom stereocenters. The lowest BCUT2D eigenvalue weighted by Crippen LogP contribution is -1.69. The number of thiophene rings is 1. The topological polar surface area (TPSA) is 38.9 Å². The minimum absolute atomic E-state index is 0.932. The van der Waals surface area contributed by atoms with Crippen LogP contribution in [0.3, 0.4) is 0 Å². The molecule has 0 aromatic carbocycles. The van der Waals surface area contributed by atoms with E-state index in [0.29, 0.717) is 0 Å². The Hall–Kier alpha value is -0.0100. The molecule has 2 nitrogen and oxygen atoms in total. The molecule has 2 N–H and O–H groups in total. The lowest BCUT2D eigenvalue weighted by Gasteiger charge is -1.81. The minimum Gasteiger partial charge on any atom is -0.268 e. The van der Waals surface area contributed by atoms with Gasteiger partial charge in [-0.15, -0.1) is 17.9 Å². The molecule has 0 aliphatic carbocycles. The van der Waals surface area contributed by atoms with E-state index in [9.17, 15) is 0 Å². The molecule has 0 fully saturated rings. The molecule has 0 radical (unpaired) electrons. The van der Waals surface area contributed by atoms with Gasteiger partial charge in [-0.2, -0.15) is 4.37 Å². The first-order valence-corrected chi connectivity index (χ1v) is 7.79.